The van der Waals surface area contributed by atoms with Gasteiger partial charge >= 0.3 is 0 Å². The van der Waals surface area contributed by atoms with Crippen LogP contribution in [0.3, 0.4) is 0 Å². The molecule has 2 aromatic carbocycles. The highest BCUT2D eigenvalue weighted by atomic mass is 16.5. The third-order valence-electron chi connectivity index (χ3n) is 4.95. The van der Waals surface area contributed by atoms with Crippen LogP contribution in [0.15, 0.2) is 47.1 Å². The van der Waals surface area contributed by atoms with Crippen LogP contribution in [0.1, 0.15) is 12.8 Å². The first-order valence-electron chi connectivity index (χ1n) is 8.62. The highest BCUT2D eigenvalue weighted by Crippen LogP contribution is 2.29. The van der Waals surface area contributed by atoms with Crippen molar-refractivity contribution < 1.29 is 13.9 Å². The lowest BCUT2D eigenvalue weighted by molar-refractivity contribution is 0.0392. The van der Waals surface area contributed by atoms with Crippen LogP contribution in [-0.4, -0.2) is 44.4 Å². The molecule has 4 nitrogen and oxygen atoms in total. The van der Waals surface area contributed by atoms with Crippen LogP contribution in [0.2, 0.25) is 0 Å². The molecule has 0 radical (unpaired) electrons. The summed E-state index contributed by atoms with van der Waals surface area (Å²) in [4.78, 5) is 2.39. The Bertz CT molecular complexity index is 820. The zero-order valence-electron chi connectivity index (χ0n) is 14.0. The molecule has 0 atom stereocenters. The molecule has 1 aliphatic rings. The first-order valence-corrected chi connectivity index (χ1v) is 8.62. The molecular formula is C20H23NO3. The molecule has 0 N–H and O–H groups in total. The Morgan fingerprint density at radius 1 is 1.08 bits per heavy atom. The first kappa shape index (κ1) is 15.5. The van der Waals surface area contributed by atoms with Gasteiger partial charge < -0.3 is 13.9 Å². The summed E-state index contributed by atoms with van der Waals surface area (Å²) >= 11 is 0. The molecule has 126 valence electrons. The van der Waals surface area contributed by atoms with E-state index in [4.69, 9.17) is 13.9 Å². The molecule has 0 saturated carbocycles. The molecule has 1 aromatic heterocycles. The molecular weight excluding hydrogens is 302 g/mol. The van der Waals surface area contributed by atoms with Gasteiger partial charge in [-0.15, -0.1) is 0 Å². The van der Waals surface area contributed by atoms with Gasteiger partial charge in [-0.1, -0.05) is 6.07 Å². The van der Waals surface area contributed by atoms with Gasteiger partial charge in [-0.2, -0.15) is 0 Å². The summed E-state index contributed by atoms with van der Waals surface area (Å²) in [6.07, 6.45) is 3.97. The first-order chi connectivity index (χ1) is 11.8. The van der Waals surface area contributed by atoms with E-state index in [0.29, 0.717) is 12.6 Å². The number of nitrogens with zero attached hydrogens (tertiary/aromatic N) is 1. The van der Waals surface area contributed by atoms with Crippen LogP contribution in [0.25, 0.3) is 21.7 Å². The fourth-order valence-electron chi connectivity index (χ4n) is 3.47. The normalized spacial score (nSPS) is 16.2. The molecule has 24 heavy (non-hydrogen) atoms. The third kappa shape index (κ3) is 3.12. The lowest BCUT2D eigenvalue weighted by Gasteiger charge is -2.31. The SMILES string of the molecule is CN(CCOc1ccc2c(ccc3occc32)c1)C1CCOCC1. The third-order valence-corrected chi connectivity index (χ3v) is 4.95. The van der Waals surface area contributed by atoms with E-state index in [2.05, 4.69) is 30.1 Å². The average Bonchev–Trinajstić information content (AvgIpc) is 3.11. The van der Waals surface area contributed by atoms with E-state index < -0.39 is 0 Å². The van der Waals surface area contributed by atoms with E-state index >= 15 is 0 Å². The fraction of sp³-hybridized carbons (Fsp3) is 0.400. The number of fused-ring (bicyclic) bond motifs is 3. The van der Waals surface area contributed by atoms with Crippen LogP contribution in [0, 0.1) is 0 Å². The van der Waals surface area contributed by atoms with Gasteiger partial charge in [0.2, 0.25) is 0 Å². The summed E-state index contributed by atoms with van der Waals surface area (Å²) < 4.78 is 16.9. The van der Waals surface area contributed by atoms with Gasteiger partial charge in [0.1, 0.15) is 17.9 Å². The van der Waals surface area contributed by atoms with Gasteiger partial charge in [-0.25, -0.2) is 0 Å². The molecule has 1 fully saturated rings. The summed E-state index contributed by atoms with van der Waals surface area (Å²) in [5.74, 6) is 0.922. The predicted molar refractivity (Wildman–Crippen MR) is 95.7 cm³/mol. The van der Waals surface area contributed by atoms with E-state index in [1.54, 1.807) is 6.26 Å². The summed E-state index contributed by atoms with van der Waals surface area (Å²) in [5, 5.41) is 3.53. The number of likely N-dealkylation sites (N-methyl/N-ethyl adjacent to an activating group) is 1. The number of hydrogen-bond acceptors (Lipinski definition) is 4. The lowest BCUT2D eigenvalue weighted by atomic mass is 10.1. The second-order valence-electron chi connectivity index (χ2n) is 6.45. The predicted octanol–water partition coefficient (Wildman–Crippen LogP) is 4.08. The number of furan rings is 1. The maximum Gasteiger partial charge on any atom is 0.134 e. The Kier molecular flexibility index (Phi) is 4.41. The van der Waals surface area contributed by atoms with E-state index in [0.717, 1.165) is 49.3 Å². The highest BCUT2D eigenvalue weighted by Gasteiger charge is 2.18. The Morgan fingerprint density at radius 2 is 1.96 bits per heavy atom. The van der Waals surface area contributed by atoms with E-state index in [-0.39, 0.29) is 0 Å². The molecule has 1 aliphatic heterocycles. The Hall–Kier alpha value is -2.04. The van der Waals surface area contributed by atoms with Crippen LogP contribution in [-0.2, 0) is 4.74 Å². The van der Waals surface area contributed by atoms with Crippen molar-refractivity contribution in [2.45, 2.75) is 18.9 Å². The van der Waals surface area contributed by atoms with Crippen LogP contribution in [0.5, 0.6) is 5.75 Å². The quantitative estimate of drug-likeness (QED) is 0.708. The average molecular weight is 325 g/mol. The number of ether oxygens (including phenoxy) is 2. The molecule has 4 rings (SSSR count). The number of hydrogen-bond donors (Lipinski definition) is 0. The minimum Gasteiger partial charge on any atom is -0.492 e. The largest absolute Gasteiger partial charge is 0.492 e. The summed E-state index contributed by atoms with van der Waals surface area (Å²) in [5.41, 5.74) is 0.925. The Labute approximate surface area is 141 Å². The van der Waals surface area contributed by atoms with Crippen molar-refractivity contribution in [3.8, 4) is 5.75 Å². The monoisotopic (exact) mass is 325 g/mol. The molecule has 0 bridgehead atoms. The fourth-order valence-corrected chi connectivity index (χ4v) is 3.47. The summed E-state index contributed by atoms with van der Waals surface area (Å²) in [6, 6.07) is 13.0. The zero-order valence-corrected chi connectivity index (χ0v) is 14.0. The van der Waals surface area contributed by atoms with Crippen molar-refractivity contribution in [2.75, 3.05) is 33.4 Å². The van der Waals surface area contributed by atoms with Crippen LogP contribution >= 0.6 is 0 Å². The van der Waals surface area contributed by atoms with Gasteiger partial charge in [0, 0.05) is 31.2 Å². The van der Waals surface area contributed by atoms with Crippen molar-refractivity contribution in [1.29, 1.82) is 0 Å². The van der Waals surface area contributed by atoms with Crippen molar-refractivity contribution in [3.05, 3.63) is 42.7 Å². The Morgan fingerprint density at radius 3 is 2.83 bits per heavy atom. The topological polar surface area (TPSA) is 34.8 Å². The van der Waals surface area contributed by atoms with E-state index in [9.17, 15) is 0 Å². The van der Waals surface area contributed by atoms with Crippen LogP contribution < -0.4 is 4.74 Å². The smallest absolute Gasteiger partial charge is 0.134 e. The molecule has 0 unspecified atom stereocenters. The van der Waals surface area contributed by atoms with Crippen molar-refractivity contribution in [1.82, 2.24) is 4.90 Å². The molecule has 2 heterocycles. The number of rotatable bonds is 5. The maximum absolute atomic E-state index is 5.97. The van der Waals surface area contributed by atoms with E-state index in [1.165, 1.54) is 10.8 Å². The zero-order chi connectivity index (χ0) is 16.4. The molecule has 4 heteroatoms. The van der Waals surface area contributed by atoms with Crippen molar-refractivity contribution >= 4 is 21.7 Å². The van der Waals surface area contributed by atoms with Gasteiger partial charge in [-0.3, -0.25) is 4.90 Å². The second-order valence-corrected chi connectivity index (χ2v) is 6.45. The molecule has 0 spiro atoms. The van der Waals surface area contributed by atoms with Crippen molar-refractivity contribution in [3.63, 3.8) is 0 Å². The van der Waals surface area contributed by atoms with Gasteiger partial charge in [-0.05, 0) is 61.0 Å². The van der Waals surface area contributed by atoms with E-state index in [1.807, 2.05) is 18.2 Å². The standard InChI is InChI=1S/C20H23NO3/c1-21(16-6-10-22-11-7-16)9-13-23-17-3-4-18-15(14-17)2-5-20-19(18)8-12-24-20/h2-5,8,12,14,16H,6-7,9-11,13H2,1H3. The van der Waals surface area contributed by atoms with Gasteiger partial charge in [0.25, 0.3) is 0 Å². The second kappa shape index (κ2) is 6.83. The summed E-state index contributed by atoms with van der Waals surface area (Å²) in [6.45, 7) is 3.39. The van der Waals surface area contributed by atoms with Crippen molar-refractivity contribution in [2.24, 2.45) is 0 Å². The molecule has 1 saturated heterocycles. The Balaban J connectivity index is 1.40. The maximum atomic E-state index is 5.97. The minimum absolute atomic E-state index is 0.619. The van der Waals surface area contributed by atoms with Gasteiger partial charge in [0.05, 0.1) is 6.26 Å². The minimum atomic E-state index is 0.619. The molecule has 3 aromatic rings. The highest BCUT2D eigenvalue weighted by molar-refractivity contribution is 6.05. The molecule has 0 aliphatic carbocycles. The molecule has 0 amide bonds. The number of benzene rings is 2. The summed E-state index contributed by atoms with van der Waals surface area (Å²) in [7, 11) is 2.18. The van der Waals surface area contributed by atoms with Crippen LogP contribution in [0.4, 0.5) is 0 Å². The lowest BCUT2D eigenvalue weighted by Crippen LogP contribution is -2.38. The van der Waals surface area contributed by atoms with Gasteiger partial charge in [0.15, 0.2) is 0 Å².